The summed E-state index contributed by atoms with van der Waals surface area (Å²) in [5.41, 5.74) is 5.01. The van der Waals surface area contributed by atoms with Crippen LogP contribution in [-0.4, -0.2) is 32.3 Å². The number of rotatable bonds is 5. The Hall–Kier alpha value is -4.32. The highest BCUT2D eigenvalue weighted by molar-refractivity contribution is 6.04. The van der Waals surface area contributed by atoms with Gasteiger partial charge in [0.25, 0.3) is 0 Å². The van der Waals surface area contributed by atoms with Crippen LogP contribution in [0.4, 0.5) is 0 Å². The van der Waals surface area contributed by atoms with Crippen molar-refractivity contribution in [1.82, 2.24) is 19.7 Å². The fourth-order valence-electron chi connectivity index (χ4n) is 3.80. The first-order valence-corrected chi connectivity index (χ1v) is 10.4. The van der Waals surface area contributed by atoms with Crippen LogP contribution in [0.2, 0.25) is 0 Å². The monoisotopic (exact) mass is 420 g/mol. The van der Waals surface area contributed by atoms with E-state index in [4.69, 9.17) is 4.74 Å². The van der Waals surface area contributed by atoms with E-state index in [1.807, 2.05) is 84.9 Å². The molecule has 3 aromatic carbocycles. The minimum absolute atomic E-state index is 0.250. The molecule has 0 aliphatic carbocycles. The van der Waals surface area contributed by atoms with Crippen molar-refractivity contribution in [1.29, 1.82) is 0 Å². The molecule has 0 saturated heterocycles. The third-order valence-corrected chi connectivity index (χ3v) is 5.23. The van der Waals surface area contributed by atoms with Crippen LogP contribution in [-0.2, 0) is 4.74 Å². The third kappa shape index (κ3) is 3.41. The lowest BCUT2D eigenvalue weighted by molar-refractivity contribution is 0.0526. The second-order valence-electron chi connectivity index (χ2n) is 7.18. The summed E-state index contributed by atoms with van der Waals surface area (Å²) >= 11 is 0. The lowest BCUT2D eigenvalue weighted by Crippen LogP contribution is -2.15. The number of ether oxygens (including phenoxy) is 1. The van der Waals surface area contributed by atoms with Crippen molar-refractivity contribution in [3.05, 3.63) is 96.8 Å². The number of carbonyl (C=O) groups is 1. The Balaban J connectivity index is 1.87. The van der Waals surface area contributed by atoms with E-state index in [1.165, 1.54) is 0 Å². The van der Waals surface area contributed by atoms with Crippen LogP contribution in [0.25, 0.3) is 39.2 Å². The van der Waals surface area contributed by atoms with Crippen LogP contribution in [0.5, 0.6) is 0 Å². The Morgan fingerprint density at radius 2 is 1.50 bits per heavy atom. The standard InChI is InChI=1S/C26H20N4O2/c1-2-32-26(31)23-22(18-11-5-3-6-12-18)24(19-13-7-4-8-14-19)28-29-25(23)30-17-27-20-15-9-10-16-21(20)30/h3-17H,2H2,1H3. The van der Waals surface area contributed by atoms with Gasteiger partial charge in [-0.25, -0.2) is 9.78 Å². The summed E-state index contributed by atoms with van der Waals surface area (Å²) in [6.07, 6.45) is 1.66. The zero-order valence-electron chi connectivity index (χ0n) is 17.5. The number of esters is 1. The lowest BCUT2D eigenvalue weighted by Gasteiger charge is -2.17. The molecule has 2 heterocycles. The first kappa shape index (κ1) is 19.6. The molecule has 32 heavy (non-hydrogen) atoms. The molecular weight excluding hydrogens is 400 g/mol. The fraction of sp³-hybridized carbons (Fsp3) is 0.0769. The number of imidazole rings is 1. The van der Waals surface area contributed by atoms with Gasteiger partial charge in [0.1, 0.15) is 17.6 Å². The van der Waals surface area contributed by atoms with Crippen LogP contribution in [0, 0.1) is 0 Å². The first-order chi connectivity index (χ1) is 15.8. The SMILES string of the molecule is CCOC(=O)c1c(-n2cnc3ccccc32)nnc(-c2ccccc2)c1-c1ccccc1. The molecule has 0 spiro atoms. The van der Waals surface area contributed by atoms with Gasteiger partial charge in [-0.1, -0.05) is 72.8 Å². The number of para-hydroxylation sites is 2. The average Bonchev–Trinajstić information content (AvgIpc) is 3.28. The first-order valence-electron chi connectivity index (χ1n) is 10.4. The van der Waals surface area contributed by atoms with Crippen LogP contribution >= 0.6 is 0 Å². The van der Waals surface area contributed by atoms with E-state index < -0.39 is 5.97 Å². The maximum atomic E-state index is 13.4. The Morgan fingerprint density at radius 1 is 0.844 bits per heavy atom. The predicted octanol–water partition coefficient (Wildman–Crippen LogP) is 5.33. The molecule has 0 N–H and O–H groups in total. The minimum atomic E-state index is -0.453. The highest BCUT2D eigenvalue weighted by Crippen LogP contribution is 2.36. The third-order valence-electron chi connectivity index (χ3n) is 5.23. The van der Waals surface area contributed by atoms with E-state index in [0.717, 1.165) is 22.2 Å². The van der Waals surface area contributed by atoms with Crippen LogP contribution in [0.1, 0.15) is 17.3 Å². The van der Waals surface area contributed by atoms with Crippen molar-refractivity contribution >= 4 is 17.0 Å². The molecule has 5 rings (SSSR count). The van der Waals surface area contributed by atoms with Gasteiger partial charge in [0, 0.05) is 11.1 Å². The van der Waals surface area contributed by atoms with E-state index in [1.54, 1.807) is 17.8 Å². The highest BCUT2D eigenvalue weighted by atomic mass is 16.5. The van der Waals surface area contributed by atoms with E-state index in [2.05, 4.69) is 15.2 Å². The van der Waals surface area contributed by atoms with Gasteiger partial charge in [-0.15, -0.1) is 10.2 Å². The van der Waals surface area contributed by atoms with Crippen molar-refractivity contribution < 1.29 is 9.53 Å². The van der Waals surface area contributed by atoms with Crippen molar-refractivity contribution in [3.63, 3.8) is 0 Å². The maximum Gasteiger partial charge on any atom is 0.342 e. The summed E-state index contributed by atoms with van der Waals surface area (Å²) in [4.78, 5) is 17.8. The molecule has 0 radical (unpaired) electrons. The van der Waals surface area contributed by atoms with Gasteiger partial charge < -0.3 is 4.74 Å². The molecule has 0 atom stereocenters. The molecule has 0 fully saturated rings. The number of hydrogen-bond donors (Lipinski definition) is 0. The molecule has 0 amide bonds. The van der Waals surface area contributed by atoms with Gasteiger partial charge in [-0.2, -0.15) is 0 Å². The van der Waals surface area contributed by atoms with Gasteiger partial charge in [-0.05, 0) is 24.6 Å². The predicted molar refractivity (Wildman–Crippen MR) is 123 cm³/mol. The summed E-state index contributed by atoms with van der Waals surface area (Å²) in [6.45, 7) is 2.04. The molecule has 2 aromatic heterocycles. The molecule has 156 valence electrons. The van der Waals surface area contributed by atoms with Gasteiger partial charge in [-0.3, -0.25) is 4.57 Å². The van der Waals surface area contributed by atoms with Crippen LogP contribution in [0.3, 0.4) is 0 Å². The molecule has 0 saturated carbocycles. The second kappa shape index (κ2) is 8.43. The molecular formula is C26H20N4O2. The fourth-order valence-corrected chi connectivity index (χ4v) is 3.80. The van der Waals surface area contributed by atoms with Gasteiger partial charge in [0.2, 0.25) is 0 Å². The summed E-state index contributed by atoms with van der Waals surface area (Å²) in [5.74, 6) is -0.0677. The molecule has 0 bridgehead atoms. The quantitative estimate of drug-likeness (QED) is 0.360. The maximum absolute atomic E-state index is 13.4. The summed E-state index contributed by atoms with van der Waals surface area (Å²) in [6, 6.07) is 27.2. The molecule has 6 heteroatoms. The van der Waals surface area contributed by atoms with Gasteiger partial charge in [0.05, 0.1) is 17.6 Å². The zero-order chi connectivity index (χ0) is 21.9. The Kier molecular flexibility index (Phi) is 5.17. The van der Waals surface area contributed by atoms with Crippen molar-refractivity contribution in [2.75, 3.05) is 6.61 Å². The number of benzene rings is 3. The topological polar surface area (TPSA) is 69.9 Å². The molecule has 0 aliphatic rings. The molecule has 0 aliphatic heterocycles. The molecule has 5 aromatic rings. The van der Waals surface area contributed by atoms with E-state index in [-0.39, 0.29) is 6.61 Å². The van der Waals surface area contributed by atoms with Gasteiger partial charge in [0.15, 0.2) is 5.82 Å². The lowest BCUT2D eigenvalue weighted by atomic mass is 9.95. The smallest absolute Gasteiger partial charge is 0.342 e. The number of nitrogens with zero attached hydrogens (tertiary/aromatic N) is 4. The molecule has 0 unspecified atom stereocenters. The average molecular weight is 420 g/mol. The molecule has 6 nitrogen and oxygen atoms in total. The highest BCUT2D eigenvalue weighted by Gasteiger charge is 2.27. The van der Waals surface area contributed by atoms with Crippen LogP contribution < -0.4 is 0 Å². The Morgan fingerprint density at radius 3 is 2.22 bits per heavy atom. The normalized spacial score (nSPS) is 10.9. The number of fused-ring (bicyclic) bond motifs is 1. The number of hydrogen-bond acceptors (Lipinski definition) is 5. The van der Waals surface area contributed by atoms with Crippen LogP contribution in [0.15, 0.2) is 91.3 Å². The number of aromatic nitrogens is 4. The Bertz CT molecular complexity index is 1400. The second-order valence-corrected chi connectivity index (χ2v) is 7.18. The van der Waals surface area contributed by atoms with Crippen molar-refractivity contribution in [2.24, 2.45) is 0 Å². The van der Waals surface area contributed by atoms with E-state index >= 15 is 0 Å². The summed E-state index contributed by atoms with van der Waals surface area (Å²) in [7, 11) is 0. The minimum Gasteiger partial charge on any atom is -0.462 e. The summed E-state index contributed by atoms with van der Waals surface area (Å²) in [5, 5.41) is 9.09. The Labute approximate surface area is 185 Å². The van der Waals surface area contributed by atoms with Crippen molar-refractivity contribution in [3.8, 4) is 28.2 Å². The largest absolute Gasteiger partial charge is 0.462 e. The van der Waals surface area contributed by atoms with Gasteiger partial charge >= 0.3 is 5.97 Å². The van der Waals surface area contributed by atoms with Crippen molar-refractivity contribution in [2.45, 2.75) is 6.92 Å². The van der Waals surface area contributed by atoms with E-state index in [0.29, 0.717) is 22.6 Å². The summed E-state index contributed by atoms with van der Waals surface area (Å²) < 4.78 is 7.28. The number of carbonyl (C=O) groups excluding carboxylic acids is 1. The van der Waals surface area contributed by atoms with E-state index in [9.17, 15) is 4.79 Å². The zero-order valence-corrected chi connectivity index (χ0v) is 17.5.